The molecule has 0 aromatic carbocycles. The fourth-order valence-electron chi connectivity index (χ4n) is 2.08. The zero-order chi connectivity index (χ0) is 10.3. The zero-order valence-corrected chi connectivity index (χ0v) is 9.20. The van der Waals surface area contributed by atoms with E-state index < -0.39 is 0 Å². The van der Waals surface area contributed by atoms with Crippen molar-refractivity contribution < 1.29 is 0 Å². The minimum Gasteiger partial charge on any atom is -0.399 e. The summed E-state index contributed by atoms with van der Waals surface area (Å²) in [7, 11) is 0. The van der Waals surface area contributed by atoms with Gasteiger partial charge in [0.05, 0.1) is 11.7 Å². The van der Waals surface area contributed by atoms with E-state index in [1.807, 2.05) is 36.3 Å². The quantitative estimate of drug-likeness (QED) is 0.799. The predicted molar refractivity (Wildman–Crippen MR) is 64.3 cm³/mol. The Morgan fingerprint density at radius 1 is 1.53 bits per heavy atom. The molecule has 0 bridgehead atoms. The number of rotatable bonds is 1. The van der Waals surface area contributed by atoms with Crippen molar-refractivity contribution in [1.82, 2.24) is 9.38 Å². The van der Waals surface area contributed by atoms with Crippen molar-refractivity contribution in [3.05, 3.63) is 30.4 Å². The van der Waals surface area contributed by atoms with Crippen molar-refractivity contribution in [3.8, 4) is 0 Å². The largest absolute Gasteiger partial charge is 0.399 e. The first kappa shape index (κ1) is 9.09. The molecule has 4 heteroatoms. The van der Waals surface area contributed by atoms with Crippen molar-refractivity contribution in [1.29, 1.82) is 0 Å². The van der Waals surface area contributed by atoms with Gasteiger partial charge >= 0.3 is 0 Å². The molecule has 1 aliphatic heterocycles. The summed E-state index contributed by atoms with van der Waals surface area (Å²) in [5.74, 6) is 4.26. The monoisotopic (exact) mass is 219 g/mol. The third-order valence-electron chi connectivity index (χ3n) is 2.88. The van der Waals surface area contributed by atoms with E-state index in [2.05, 4.69) is 9.38 Å². The Balaban J connectivity index is 2.11. The highest BCUT2D eigenvalue weighted by Crippen LogP contribution is 2.31. The highest BCUT2D eigenvalue weighted by atomic mass is 32.2. The van der Waals surface area contributed by atoms with Crippen LogP contribution in [0.25, 0.3) is 5.52 Å². The van der Waals surface area contributed by atoms with Crippen LogP contribution in [0.5, 0.6) is 0 Å². The first-order valence-corrected chi connectivity index (χ1v) is 6.30. The van der Waals surface area contributed by atoms with Gasteiger partial charge in [-0.05, 0) is 24.3 Å². The fourth-order valence-corrected chi connectivity index (χ4v) is 3.30. The lowest BCUT2D eigenvalue weighted by Crippen LogP contribution is -2.03. The van der Waals surface area contributed by atoms with E-state index >= 15 is 0 Å². The summed E-state index contributed by atoms with van der Waals surface area (Å²) in [5, 5.41) is 0. The number of hydrogen-bond donors (Lipinski definition) is 1. The molecule has 3 heterocycles. The van der Waals surface area contributed by atoms with E-state index in [4.69, 9.17) is 5.73 Å². The highest BCUT2D eigenvalue weighted by Gasteiger charge is 2.21. The van der Waals surface area contributed by atoms with Gasteiger partial charge in [0.15, 0.2) is 0 Å². The van der Waals surface area contributed by atoms with Gasteiger partial charge in [-0.25, -0.2) is 4.98 Å². The molecule has 1 atom stereocenters. The molecule has 15 heavy (non-hydrogen) atoms. The SMILES string of the molecule is Nc1ccn2c(C3CCSC3)ncc2c1. The first-order chi connectivity index (χ1) is 7.34. The molecule has 0 saturated carbocycles. The van der Waals surface area contributed by atoms with Crippen LogP contribution in [-0.4, -0.2) is 20.9 Å². The van der Waals surface area contributed by atoms with Crippen LogP contribution in [0.3, 0.4) is 0 Å². The summed E-state index contributed by atoms with van der Waals surface area (Å²) in [6.07, 6.45) is 5.18. The number of nitrogen functional groups attached to an aromatic ring is 1. The molecule has 1 saturated heterocycles. The van der Waals surface area contributed by atoms with E-state index in [1.54, 1.807) is 0 Å². The molecule has 1 unspecified atom stereocenters. The van der Waals surface area contributed by atoms with Gasteiger partial charge in [-0.1, -0.05) is 0 Å². The molecule has 0 radical (unpaired) electrons. The van der Waals surface area contributed by atoms with Crippen molar-refractivity contribution >= 4 is 23.0 Å². The summed E-state index contributed by atoms with van der Waals surface area (Å²) in [4.78, 5) is 4.51. The number of aromatic nitrogens is 2. The lowest BCUT2D eigenvalue weighted by molar-refractivity contribution is 0.713. The highest BCUT2D eigenvalue weighted by molar-refractivity contribution is 7.99. The predicted octanol–water partition coefficient (Wildman–Crippen LogP) is 2.14. The van der Waals surface area contributed by atoms with Crippen LogP contribution >= 0.6 is 11.8 Å². The van der Waals surface area contributed by atoms with E-state index in [9.17, 15) is 0 Å². The Morgan fingerprint density at radius 3 is 3.27 bits per heavy atom. The topological polar surface area (TPSA) is 43.3 Å². The van der Waals surface area contributed by atoms with Crippen molar-refractivity contribution in [2.75, 3.05) is 17.2 Å². The third-order valence-corrected chi connectivity index (χ3v) is 4.04. The van der Waals surface area contributed by atoms with Gasteiger partial charge in [0.1, 0.15) is 5.82 Å². The molecule has 1 fully saturated rings. The number of nitrogens with zero attached hydrogens (tertiary/aromatic N) is 2. The molecule has 1 aliphatic rings. The number of pyridine rings is 1. The molecule has 2 aromatic rings. The molecule has 3 rings (SSSR count). The average Bonchev–Trinajstić information content (AvgIpc) is 2.82. The number of imidazole rings is 1. The van der Waals surface area contributed by atoms with E-state index in [0.717, 1.165) is 11.2 Å². The van der Waals surface area contributed by atoms with Crippen LogP contribution in [0.4, 0.5) is 5.69 Å². The number of thioether (sulfide) groups is 1. The summed E-state index contributed by atoms with van der Waals surface area (Å²) in [6.45, 7) is 0. The Kier molecular flexibility index (Phi) is 2.09. The number of anilines is 1. The fraction of sp³-hybridized carbons (Fsp3) is 0.364. The third kappa shape index (κ3) is 1.49. The van der Waals surface area contributed by atoms with Gasteiger partial charge in [-0.15, -0.1) is 0 Å². The van der Waals surface area contributed by atoms with Crippen LogP contribution in [0.2, 0.25) is 0 Å². The lowest BCUT2D eigenvalue weighted by Gasteiger charge is -2.07. The standard InChI is InChI=1S/C11H13N3S/c12-9-1-3-14-10(5-9)6-13-11(14)8-2-4-15-7-8/h1,3,5-6,8H,2,4,7,12H2. The van der Waals surface area contributed by atoms with E-state index in [-0.39, 0.29) is 0 Å². The Bertz CT molecular complexity index is 486. The second-order valence-electron chi connectivity index (χ2n) is 3.93. The maximum atomic E-state index is 5.74. The smallest absolute Gasteiger partial charge is 0.117 e. The molecule has 3 nitrogen and oxygen atoms in total. The Hall–Kier alpha value is -1.16. The number of nitrogens with two attached hydrogens (primary N) is 1. The van der Waals surface area contributed by atoms with Gasteiger partial charge in [0.2, 0.25) is 0 Å². The lowest BCUT2D eigenvalue weighted by atomic mass is 10.1. The van der Waals surface area contributed by atoms with Gasteiger partial charge in [-0.2, -0.15) is 11.8 Å². The van der Waals surface area contributed by atoms with Crippen LogP contribution < -0.4 is 5.73 Å². The molecule has 78 valence electrons. The van der Waals surface area contributed by atoms with E-state index in [0.29, 0.717) is 5.92 Å². The minimum atomic E-state index is 0.612. The average molecular weight is 219 g/mol. The number of hydrogen-bond acceptors (Lipinski definition) is 3. The number of fused-ring (bicyclic) bond motifs is 1. The van der Waals surface area contributed by atoms with Gasteiger partial charge < -0.3 is 10.1 Å². The second-order valence-corrected chi connectivity index (χ2v) is 5.08. The van der Waals surface area contributed by atoms with Gasteiger partial charge in [0.25, 0.3) is 0 Å². The molecule has 0 spiro atoms. The molecule has 2 aromatic heterocycles. The first-order valence-electron chi connectivity index (χ1n) is 5.15. The molecule has 0 amide bonds. The van der Waals surface area contributed by atoms with Crippen LogP contribution in [0.1, 0.15) is 18.2 Å². The molecule has 2 N–H and O–H groups in total. The van der Waals surface area contributed by atoms with Crippen LogP contribution in [-0.2, 0) is 0 Å². The summed E-state index contributed by atoms with van der Waals surface area (Å²) < 4.78 is 2.16. The summed E-state index contributed by atoms with van der Waals surface area (Å²) >= 11 is 2.01. The second kappa shape index (κ2) is 3.45. The molecule has 0 aliphatic carbocycles. The summed E-state index contributed by atoms with van der Waals surface area (Å²) in [5.41, 5.74) is 7.64. The van der Waals surface area contributed by atoms with Gasteiger partial charge in [0, 0.05) is 23.6 Å². The summed E-state index contributed by atoms with van der Waals surface area (Å²) in [6, 6.07) is 3.90. The van der Waals surface area contributed by atoms with Crippen molar-refractivity contribution in [2.45, 2.75) is 12.3 Å². The maximum absolute atomic E-state index is 5.74. The Labute approximate surface area is 92.7 Å². The van der Waals surface area contributed by atoms with Crippen molar-refractivity contribution in [2.24, 2.45) is 0 Å². The maximum Gasteiger partial charge on any atom is 0.117 e. The van der Waals surface area contributed by atoms with Gasteiger partial charge in [-0.3, -0.25) is 0 Å². The van der Waals surface area contributed by atoms with Crippen molar-refractivity contribution in [3.63, 3.8) is 0 Å². The molecular weight excluding hydrogens is 206 g/mol. The van der Waals surface area contributed by atoms with E-state index in [1.165, 1.54) is 23.8 Å². The minimum absolute atomic E-state index is 0.612. The normalized spacial score (nSPS) is 21.2. The van der Waals surface area contributed by atoms with Crippen LogP contribution in [0.15, 0.2) is 24.5 Å². The Morgan fingerprint density at radius 2 is 2.47 bits per heavy atom. The molecular formula is C11H13N3S. The van der Waals surface area contributed by atoms with Crippen LogP contribution in [0, 0.1) is 0 Å². The zero-order valence-electron chi connectivity index (χ0n) is 8.39.